The summed E-state index contributed by atoms with van der Waals surface area (Å²) in [7, 11) is 0. The second-order valence-electron chi connectivity index (χ2n) is 5.43. The summed E-state index contributed by atoms with van der Waals surface area (Å²) < 4.78 is 1.86. The average Bonchev–Trinajstić information content (AvgIpc) is 3.11. The van der Waals surface area contributed by atoms with Gasteiger partial charge in [0, 0.05) is 25.3 Å². The third kappa shape index (κ3) is 2.25. The second-order valence-corrected chi connectivity index (χ2v) is 5.43. The lowest BCUT2D eigenvalue weighted by atomic mass is 10.1. The van der Waals surface area contributed by atoms with Crippen molar-refractivity contribution in [1.82, 2.24) is 19.9 Å². The van der Waals surface area contributed by atoms with Gasteiger partial charge in [0.1, 0.15) is 0 Å². The van der Waals surface area contributed by atoms with Crippen LogP contribution in [0.2, 0.25) is 0 Å². The number of aryl methyl sites for hydroxylation is 1. The fourth-order valence-corrected chi connectivity index (χ4v) is 2.75. The molecule has 106 valence electrons. The zero-order valence-corrected chi connectivity index (χ0v) is 11.9. The second kappa shape index (κ2) is 4.86. The van der Waals surface area contributed by atoms with Gasteiger partial charge in [-0.25, -0.2) is 4.52 Å². The van der Waals surface area contributed by atoms with E-state index in [1.807, 2.05) is 29.6 Å². The van der Waals surface area contributed by atoms with Crippen LogP contribution in [0.25, 0.3) is 5.65 Å². The van der Waals surface area contributed by atoms with Crippen LogP contribution in [0.5, 0.6) is 0 Å². The van der Waals surface area contributed by atoms with E-state index in [0.717, 1.165) is 31.0 Å². The Labute approximate surface area is 123 Å². The number of pyridine rings is 1. The number of benzene rings is 1. The predicted octanol–water partition coefficient (Wildman–Crippen LogP) is 2.25. The van der Waals surface area contributed by atoms with Gasteiger partial charge in [0.05, 0.1) is 0 Å². The van der Waals surface area contributed by atoms with E-state index in [2.05, 4.69) is 38.9 Å². The normalized spacial score (nSPS) is 13.6. The molecule has 0 unspecified atom stereocenters. The molecule has 0 aliphatic carbocycles. The van der Waals surface area contributed by atoms with Crippen LogP contribution in [0.1, 0.15) is 22.4 Å². The van der Waals surface area contributed by atoms with Crippen LogP contribution in [0.4, 0.5) is 5.95 Å². The molecule has 1 aliphatic rings. The number of rotatable bonds is 3. The summed E-state index contributed by atoms with van der Waals surface area (Å²) >= 11 is 0. The molecule has 21 heavy (non-hydrogen) atoms. The van der Waals surface area contributed by atoms with Crippen molar-refractivity contribution in [3.63, 3.8) is 0 Å². The van der Waals surface area contributed by atoms with Crippen LogP contribution in [-0.4, -0.2) is 14.6 Å². The van der Waals surface area contributed by atoms with E-state index in [1.54, 1.807) is 0 Å². The molecule has 1 aliphatic heterocycles. The van der Waals surface area contributed by atoms with Gasteiger partial charge in [0.2, 0.25) is 5.95 Å². The van der Waals surface area contributed by atoms with Crippen molar-refractivity contribution in [2.45, 2.75) is 26.6 Å². The number of nitrogens with zero attached hydrogens (tertiary/aromatic N) is 3. The van der Waals surface area contributed by atoms with E-state index in [0.29, 0.717) is 5.95 Å². The summed E-state index contributed by atoms with van der Waals surface area (Å²) in [6, 6.07) is 12.6. The zero-order chi connectivity index (χ0) is 14.2. The topological polar surface area (TPSA) is 54.2 Å². The molecule has 4 rings (SSSR count). The van der Waals surface area contributed by atoms with E-state index in [-0.39, 0.29) is 0 Å². The summed E-state index contributed by atoms with van der Waals surface area (Å²) in [6.45, 7) is 4.72. The number of anilines is 1. The number of aromatic nitrogens is 3. The van der Waals surface area contributed by atoms with Gasteiger partial charge in [-0.05, 0) is 35.7 Å². The highest BCUT2D eigenvalue weighted by Gasteiger charge is 2.10. The Balaban J connectivity index is 1.54. The number of nitrogens with one attached hydrogen (secondary N) is 2. The van der Waals surface area contributed by atoms with Gasteiger partial charge in [-0.2, -0.15) is 4.98 Å². The van der Waals surface area contributed by atoms with Crippen molar-refractivity contribution in [1.29, 1.82) is 0 Å². The maximum Gasteiger partial charge on any atom is 0.243 e. The molecule has 0 bridgehead atoms. The Kier molecular flexibility index (Phi) is 2.86. The van der Waals surface area contributed by atoms with Gasteiger partial charge in [-0.1, -0.05) is 24.3 Å². The molecule has 3 heterocycles. The molecule has 5 heteroatoms. The van der Waals surface area contributed by atoms with Gasteiger partial charge in [-0.3, -0.25) is 0 Å². The Morgan fingerprint density at radius 1 is 1.19 bits per heavy atom. The minimum absolute atomic E-state index is 0.669. The molecule has 0 saturated heterocycles. The largest absolute Gasteiger partial charge is 0.349 e. The third-order valence-corrected chi connectivity index (χ3v) is 3.90. The molecule has 0 spiro atoms. The molecule has 0 amide bonds. The fourth-order valence-electron chi connectivity index (χ4n) is 2.75. The first-order chi connectivity index (χ1) is 10.3. The van der Waals surface area contributed by atoms with Crippen LogP contribution in [0, 0.1) is 6.92 Å². The van der Waals surface area contributed by atoms with Crippen LogP contribution in [0.15, 0.2) is 36.4 Å². The number of hydrogen-bond acceptors (Lipinski definition) is 4. The van der Waals surface area contributed by atoms with Gasteiger partial charge in [0.15, 0.2) is 5.65 Å². The van der Waals surface area contributed by atoms with Crippen molar-refractivity contribution < 1.29 is 0 Å². The Hall–Kier alpha value is -2.40. The lowest BCUT2D eigenvalue weighted by molar-refractivity contribution is 0.764. The first kappa shape index (κ1) is 12.3. The standard InChI is InChI=1S/C16H17N5/c1-11-3-2-4-15-19-16(20-21(11)15)18-8-12-5-6-13-9-17-10-14(13)7-12/h2-7,17H,8-10H2,1H3,(H,18,20). The van der Waals surface area contributed by atoms with E-state index >= 15 is 0 Å². The van der Waals surface area contributed by atoms with Gasteiger partial charge in [-0.15, -0.1) is 5.10 Å². The van der Waals surface area contributed by atoms with Crippen molar-refractivity contribution in [2.75, 3.05) is 5.32 Å². The summed E-state index contributed by atoms with van der Waals surface area (Å²) in [4.78, 5) is 4.49. The Morgan fingerprint density at radius 3 is 3.00 bits per heavy atom. The van der Waals surface area contributed by atoms with Crippen molar-refractivity contribution >= 4 is 11.6 Å². The highest BCUT2D eigenvalue weighted by Crippen LogP contribution is 2.17. The molecule has 2 aromatic heterocycles. The molecule has 1 aromatic carbocycles. The summed E-state index contributed by atoms with van der Waals surface area (Å²) in [5.74, 6) is 0.669. The predicted molar refractivity (Wildman–Crippen MR) is 82.0 cm³/mol. The fraction of sp³-hybridized carbons (Fsp3) is 0.250. The molecular formula is C16H17N5. The highest BCUT2D eigenvalue weighted by molar-refractivity contribution is 5.45. The van der Waals surface area contributed by atoms with E-state index in [4.69, 9.17) is 0 Å². The molecule has 0 saturated carbocycles. The molecule has 0 fully saturated rings. The molecule has 0 atom stereocenters. The quantitative estimate of drug-likeness (QED) is 0.772. The summed E-state index contributed by atoms with van der Waals surface area (Å²) in [6.07, 6.45) is 0. The lowest BCUT2D eigenvalue weighted by Gasteiger charge is -2.04. The van der Waals surface area contributed by atoms with Gasteiger partial charge in [0.25, 0.3) is 0 Å². The highest BCUT2D eigenvalue weighted by atomic mass is 15.3. The van der Waals surface area contributed by atoms with Gasteiger partial charge < -0.3 is 10.6 Å². The van der Waals surface area contributed by atoms with Gasteiger partial charge >= 0.3 is 0 Å². The maximum absolute atomic E-state index is 4.49. The van der Waals surface area contributed by atoms with E-state index in [1.165, 1.54) is 16.7 Å². The Morgan fingerprint density at radius 2 is 2.10 bits per heavy atom. The first-order valence-electron chi connectivity index (χ1n) is 7.17. The summed E-state index contributed by atoms with van der Waals surface area (Å²) in [5.41, 5.74) is 6.01. The number of fused-ring (bicyclic) bond motifs is 2. The maximum atomic E-state index is 4.49. The van der Waals surface area contributed by atoms with Crippen molar-refractivity contribution in [2.24, 2.45) is 0 Å². The Bertz CT molecular complexity index is 806. The van der Waals surface area contributed by atoms with Crippen molar-refractivity contribution in [3.8, 4) is 0 Å². The van der Waals surface area contributed by atoms with E-state index in [9.17, 15) is 0 Å². The average molecular weight is 279 g/mol. The van der Waals surface area contributed by atoms with Crippen LogP contribution in [-0.2, 0) is 19.6 Å². The molecule has 2 N–H and O–H groups in total. The molecule has 5 nitrogen and oxygen atoms in total. The molecular weight excluding hydrogens is 262 g/mol. The van der Waals surface area contributed by atoms with Crippen molar-refractivity contribution in [3.05, 3.63) is 58.8 Å². The van der Waals surface area contributed by atoms with Crippen LogP contribution in [0.3, 0.4) is 0 Å². The third-order valence-electron chi connectivity index (χ3n) is 3.90. The number of hydrogen-bond donors (Lipinski definition) is 2. The molecule has 0 radical (unpaired) electrons. The zero-order valence-electron chi connectivity index (χ0n) is 11.9. The van der Waals surface area contributed by atoms with Crippen LogP contribution < -0.4 is 10.6 Å². The summed E-state index contributed by atoms with van der Waals surface area (Å²) in [5, 5.41) is 11.2. The SMILES string of the molecule is Cc1cccc2nc(NCc3ccc4c(c3)CNC4)nn12. The minimum Gasteiger partial charge on any atom is -0.349 e. The minimum atomic E-state index is 0.669. The smallest absolute Gasteiger partial charge is 0.243 e. The monoisotopic (exact) mass is 279 g/mol. The molecule has 3 aromatic rings. The van der Waals surface area contributed by atoms with E-state index < -0.39 is 0 Å². The first-order valence-corrected chi connectivity index (χ1v) is 7.17. The lowest BCUT2D eigenvalue weighted by Crippen LogP contribution is -2.02. The van der Waals surface area contributed by atoms with Crippen LogP contribution >= 0.6 is 0 Å².